The zero-order chi connectivity index (χ0) is 8.06. The van der Waals surface area contributed by atoms with Crippen molar-refractivity contribution in [2.24, 2.45) is 17.6 Å². The Balaban J connectivity index is 2.36. The molecule has 58 valence electrons. The van der Waals surface area contributed by atoms with E-state index in [4.69, 9.17) is 12.2 Å². The van der Waals surface area contributed by atoms with Crippen molar-refractivity contribution >= 4 is 0 Å². The van der Waals surface area contributed by atoms with Crippen molar-refractivity contribution in [2.75, 3.05) is 0 Å². The molecular formula is C10H13N. The van der Waals surface area contributed by atoms with Crippen LogP contribution in [-0.2, 0) is 0 Å². The highest BCUT2D eigenvalue weighted by Gasteiger charge is 2.50. The lowest BCUT2D eigenvalue weighted by molar-refractivity contribution is 0.349. The molecule has 3 unspecified atom stereocenters. The number of hydrogen-bond acceptors (Lipinski definition) is 1. The highest BCUT2D eigenvalue weighted by Crippen LogP contribution is 2.52. The van der Waals surface area contributed by atoms with Crippen LogP contribution in [-0.4, -0.2) is 5.54 Å². The number of rotatable bonds is 0. The first-order valence-electron chi connectivity index (χ1n) is 4.13. The maximum absolute atomic E-state index is 6.04. The predicted octanol–water partition coefficient (Wildman–Crippen LogP) is 1.30. The zero-order valence-electron chi connectivity index (χ0n) is 6.64. The molecule has 0 aromatic rings. The van der Waals surface area contributed by atoms with Crippen LogP contribution in [0.1, 0.15) is 19.3 Å². The Labute approximate surface area is 67.7 Å². The Morgan fingerprint density at radius 1 is 1.64 bits per heavy atom. The minimum atomic E-state index is -0.347. The van der Waals surface area contributed by atoms with Gasteiger partial charge in [0.2, 0.25) is 0 Å². The molecule has 0 aromatic carbocycles. The Morgan fingerprint density at radius 2 is 2.36 bits per heavy atom. The fraction of sp³-hybridized carbons (Fsp3) is 0.600. The summed E-state index contributed by atoms with van der Waals surface area (Å²) in [7, 11) is 0. The fourth-order valence-electron chi connectivity index (χ4n) is 2.55. The SMILES string of the molecule is C#CC1(N)CC2CCC1C2=C. The second-order valence-corrected chi connectivity index (χ2v) is 3.79. The lowest BCUT2D eigenvalue weighted by Crippen LogP contribution is -2.43. The van der Waals surface area contributed by atoms with E-state index >= 15 is 0 Å². The van der Waals surface area contributed by atoms with Crippen LogP contribution in [0.15, 0.2) is 12.2 Å². The second-order valence-electron chi connectivity index (χ2n) is 3.79. The minimum Gasteiger partial charge on any atom is -0.315 e. The molecule has 2 aliphatic rings. The summed E-state index contributed by atoms with van der Waals surface area (Å²) in [4.78, 5) is 0. The third-order valence-electron chi connectivity index (χ3n) is 3.25. The summed E-state index contributed by atoms with van der Waals surface area (Å²) in [6.07, 6.45) is 8.78. The van der Waals surface area contributed by atoms with Gasteiger partial charge in [0.15, 0.2) is 0 Å². The van der Waals surface area contributed by atoms with Crippen molar-refractivity contribution in [2.45, 2.75) is 24.8 Å². The van der Waals surface area contributed by atoms with Gasteiger partial charge in [0.05, 0.1) is 5.54 Å². The van der Waals surface area contributed by atoms with E-state index in [0.717, 1.165) is 12.8 Å². The molecule has 0 radical (unpaired) electrons. The average molecular weight is 147 g/mol. The minimum absolute atomic E-state index is 0.347. The third kappa shape index (κ3) is 0.708. The number of hydrogen-bond donors (Lipinski definition) is 1. The van der Waals surface area contributed by atoms with Crippen molar-refractivity contribution in [1.82, 2.24) is 0 Å². The molecule has 3 atom stereocenters. The highest BCUT2D eigenvalue weighted by molar-refractivity contribution is 5.33. The Bertz CT molecular complexity index is 248. The molecule has 0 saturated heterocycles. The zero-order valence-corrected chi connectivity index (χ0v) is 6.64. The first-order valence-corrected chi connectivity index (χ1v) is 4.13. The van der Waals surface area contributed by atoms with Crippen LogP contribution in [0.25, 0.3) is 0 Å². The van der Waals surface area contributed by atoms with Crippen LogP contribution >= 0.6 is 0 Å². The summed E-state index contributed by atoms with van der Waals surface area (Å²) in [5, 5.41) is 0. The van der Waals surface area contributed by atoms with Gasteiger partial charge in [-0.2, -0.15) is 0 Å². The molecule has 2 rings (SSSR count). The number of nitrogens with two attached hydrogens (primary N) is 1. The van der Waals surface area contributed by atoms with Gasteiger partial charge in [-0.3, -0.25) is 0 Å². The Kier molecular flexibility index (Phi) is 1.20. The van der Waals surface area contributed by atoms with Crippen LogP contribution in [0.3, 0.4) is 0 Å². The van der Waals surface area contributed by atoms with Gasteiger partial charge < -0.3 is 5.73 Å². The topological polar surface area (TPSA) is 26.0 Å². The smallest absolute Gasteiger partial charge is 0.0844 e. The largest absolute Gasteiger partial charge is 0.315 e. The lowest BCUT2D eigenvalue weighted by Gasteiger charge is -2.27. The second kappa shape index (κ2) is 1.89. The first-order chi connectivity index (χ1) is 5.17. The normalized spacial score (nSPS) is 47.8. The van der Waals surface area contributed by atoms with E-state index in [1.54, 1.807) is 0 Å². The molecule has 0 amide bonds. The average Bonchev–Trinajstić information content (AvgIpc) is 2.44. The van der Waals surface area contributed by atoms with Gasteiger partial charge >= 0.3 is 0 Å². The molecule has 2 saturated carbocycles. The molecule has 0 heterocycles. The summed E-state index contributed by atoms with van der Waals surface area (Å²) in [5.74, 6) is 3.76. The molecule has 1 heteroatoms. The van der Waals surface area contributed by atoms with Crippen molar-refractivity contribution in [3.05, 3.63) is 12.2 Å². The molecule has 2 aliphatic carbocycles. The van der Waals surface area contributed by atoms with Gasteiger partial charge in [-0.05, 0) is 25.2 Å². The molecule has 0 aromatic heterocycles. The van der Waals surface area contributed by atoms with Gasteiger partial charge in [-0.25, -0.2) is 0 Å². The Morgan fingerprint density at radius 3 is 2.64 bits per heavy atom. The predicted molar refractivity (Wildman–Crippen MR) is 45.7 cm³/mol. The van der Waals surface area contributed by atoms with Crippen LogP contribution in [0.4, 0.5) is 0 Å². The van der Waals surface area contributed by atoms with Crippen LogP contribution < -0.4 is 5.73 Å². The van der Waals surface area contributed by atoms with E-state index < -0.39 is 0 Å². The third-order valence-corrected chi connectivity index (χ3v) is 3.25. The van der Waals surface area contributed by atoms with E-state index in [-0.39, 0.29) is 5.54 Å². The molecule has 0 aliphatic heterocycles. The van der Waals surface area contributed by atoms with Crippen LogP contribution in [0.2, 0.25) is 0 Å². The molecule has 1 nitrogen and oxygen atoms in total. The van der Waals surface area contributed by atoms with Crippen molar-refractivity contribution < 1.29 is 0 Å². The Hall–Kier alpha value is -0.740. The van der Waals surface area contributed by atoms with E-state index in [0.29, 0.717) is 11.8 Å². The molecule has 2 N–H and O–H groups in total. The van der Waals surface area contributed by atoms with E-state index in [2.05, 4.69) is 12.5 Å². The maximum atomic E-state index is 6.04. The van der Waals surface area contributed by atoms with Gasteiger partial charge in [0.25, 0.3) is 0 Å². The van der Waals surface area contributed by atoms with Crippen molar-refractivity contribution in [1.29, 1.82) is 0 Å². The van der Waals surface area contributed by atoms with Gasteiger partial charge in [-0.1, -0.05) is 18.1 Å². The molecule has 2 fully saturated rings. The van der Waals surface area contributed by atoms with Gasteiger partial charge in [0, 0.05) is 5.92 Å². The summed E-state index contributed by atoms with van der Waals surface area (Å²) in [6, 6.07) is 0. The van der Waals surface area contributed by atoms with Crippen LogP contribution in [0.5, 0.6) is 0 Å². The quantitative estimate of drug-likeness (QED) is 0.405. The first kappa shape index (κ1) is 6.94. The molecular weight excluding hydrogens is 134 g/mol. The van der Waals surface area contributed by atoms with Crippen molar-refractivity contribution in [3.63, 3.8) is 0 Å². The van der Waals surface area contributed by atoms with E-state index in [9.17, 15) is 0 Å². The van der Waals surface area contributed by atoms with Crippen molar-refractivity contribution in [3.8, 4) is 12.3 Å². The lowest BCUT2D eigenvalue weighted by atomic mass is 9.82. The van der Waals surface area contributed by atoms with Crippen LogP contribution in [0, 0.1) is 24.2 Å². The molecule has 11 heavy (non-hydrogen) atoms. The molecule has 2 bridgehead atoms. The summed E-state index contributed by atoms with van der Waals surface area (Å²) >= 11 is 0. The number of terminal acetylenes is 1. The van der Waals surface area contributed by atoms with E-state index in [1.165, 1.54) is 12.0 Å². The molecule has 0 spiro atoms. The van der Waals surface area contributed by atoms with Gasteiger partial charge in [-0.15, -0.1) is 6.42 Å². The standard InChI is InChI=1S/C10H13N/c1-3-10(11)6-8-4-5-9(10)7(8)2/h1,8-9H,2,4-6,11H2. The monoisotopic (exact) mass is 147 g/mol. The maximum Gasteiger partial charge on any atom is 0.0844 e. The number of fused-ring (bicyclic) bond motifs is 2. The summed E-state index contributed by atoms with van der Waals surface area (Å²) in [6.45, 7) is 4.05. The summed E-state index contributed by atoms with van der Waals surface area (Å²) in [5.41, 5.74) is 7.00. The summed E-state index contributed by atoms with van der Waals surface area (Å²) < 4.78 is 0. The van der Waals surface area contributed by atoms with Gasteiger partial charge in [0.1, 0.15) is 0 Å². The highest BCUT2D eigenvalue weighted by atomic mass is 14.8. The van der Waals surface area contributed by atoms with E-state index in [1.807, 2.05) is 0 Å². The fourth-order valence-corrected chi connectivity index (χ4v) is 2.55.